The Bertz CT molecular complexity index is 1300. The number of nitrogens with zero attached hydrogens (tertiary/aromatic N) is 2. The Morgan fingerprint density at radius 1 is 1.16 bits per heavy atom. The van der Waals surface area contributed by atoms with E-state index >= 15 is 0 Å². The van der Waals surface area contributed by atoms with Gasteiger partial charge in [-0.05, 0) is 80.2 Å². The molecule has 2 aromatic carbocycles. The number of hydrogen-bond donors (Lipinski definition) is 2. The van der Waals surface area contributed by atoms with Crippen molar-refractivity contribution in [1.29, 1.82) is 0 Å². The number of aromatic nitrogens is 2. The number of hydrogen-bond acceptors (Lipinski definition) is 4. The van der Waals surface area contributed by atoms with Crippen molar-refractivity contribution in [3.63, 3.8) is 0 Å². The molecule has 0 radical (unpaired) electrons. The standard InChI is InChI=1S/C25H24ClN3O3/c26-18-5-6-21(30)16(10-18)11-22(31)28-29-23(32)19-3-1-2-4-20(19)27-24(29)25-12-14-7-15(13-25)9-17(25)8-14/h1-6,10,14-15,17,30H,7-9,11-13H2,(H,28,31). The number of amides is 1. The summed E-state index contributed by atoms with van der Waals surface area (Å²) in [6.07, 6.45) is 5.62. The maximum absolute atomic E-state index is 13.5. The van der Waals surface area contributed by atoms with Crippen LogP contribution >= 0.6 is 11.6 Å². The molecule has 0 spiro atoms. The van der Waals surface area contributed by atoms with E-state index in [4.69, 9.17) is 16.6 Å². The van der Waals surface area contributed by atoms with Gasteiger partial charge in [0, 0.05) is 16.0 Å². The molecule has 1 aromatic heterocycles. The van der Waals surface area contributed by atoms with Gasteiger partial charge in [-0.1, -0.05) is 23.7 Å². The van der Waals surface area contributed by atoms with Crippen LogP contribution in [-0.2, 0) is 16.6 Å². The Morgan fingerprint density at radius 2 is 1.91 bits per heavy atom. The monoisotopic (exact) mass is 449 g/mol. The minimum atomic E-state index is -0.392. The van der Waals surface area contributed by atoms with E-state index < -0.39 is 5.91 Å². The lowest BCUT2D eigenvalue weighted by Crippen LogP contribution is -2.43. The third-order valence-electron chi connectivity index (χ3n) is 7.84. The summed E-state index contributed by atoms with van der Waals surface area (Å²) >= 11 is 6.03. The number of rotatable bonds is 4. The normalized spacial score (nSPS) is 27.8. The van der Waals surface area contributed by atoms with Gasteiger partial charge in [0.1, 0.15) is 11.6 Å². The summed E-state index contributed by atoms with van der Waals surface area (Å²) < 4.78 is 1.40. The van der Waals surface area contributed by atoms with Gasteiger partial charge in [0.05, 0.1) is 17.3 Å². The zero-order valence-electron chi connectivity index (χ0n) is 17.6. The van der Waals surface area contributed by atoms with Crippen molar-refractivity contribution in [2.45, 2.75) is 43.9 Å². The number of phenols is 1. The van der Waals surface area contributed by atoms with Crippen LogP contribution < -0.4 is 11.0 Å². The highest BCUT2D eigenvalue weighted by Crippen LogP contribution is 2.65. The largest absolute Gasteiger partial charge is 0.508 e. The van der Waals surface area contributed by atoms with Crippen molar-refractivity contribution in [3.8, 4) is 5.75 Å². The molecule has 164 valence electrons. The SMILES string of the molecule is O=C(Cc1cc(Cl)ccc1O)Nn1c(C23CC4CC(CC2C4)C3)nc2ccccc2c1=O. The Kier molecular flexibility index (Phi) is 4.37. The van der Waals surface area contributed by atoms with E-state index in [0.717, 1.165) is 12.8 Å². The number of carbonyl (C=O) groups is 1. The van der Waals surface area contributed by atoms with Gasteiger partial charge < -0.3 is 5.11 Å². The second kappa shape index (κ2) is 7.07. The van der Waals surface area contributed by atoms with Crippen molar-refractivity contribution < 1.29 is 9.90 Å². The van der Waals surface area contributed by atoms with Crippen LogP contribution in [0.15, 0.2) is 47.3 Å². The lowest BCUT2D eigenvalue weighted by atomic mass is 9.75. The van der Waals surface area contributed by atoms with Gasteiger partial charge in [-0.2, -0.15) is 0 Å². The number of para-hydroxylation sites is 1. The number of carbonyl (C=O) groups excluding carboxylic acids is 1. The predicted molar refractivity (Wildman–Crippen MR) is 122 cm³/mol. The Labute approximate surface area is 190 Å². The van der Waals surface area contributed by atoms with Gasteiger partial charge in [-0.15, -0.1) is 0 Å². The van der Waals surface area contributed by atoms with Gasteiger partial charge >= 0.3 is 0 Å². The molecular formula is C25H24ClN3O3. The summed E-state index contributed by atoms with van der Waals surface area (Å²) in [7, 11) is 0. The molecule has 7 rings (SSSR count). The van der Waals surface area contributed by atoms with E-state index in [1.807, 2.05) is 18.2 Å². The molecule has 4 saturated carbocycles. The smallest absolute Gasteiger partial charge is 0.280 e. The first-order valence-electron chi connectivity index (χ1n) is 11.2. The van der Waals surface area contributed by atoms with Crippen LogP contribution in [0.2, 0.25) is 5.02 Å². The first-order valence-corrected chi connectivity index (χ1v) is 11.6. The molecule has 0 saturated heterocycles. The Morgan fingerprint density at radius 3 is 2.69 bits per heavy atom. The quantitative estimate of drug-likeness (QED) is 0.626. The van der Waals surface area contributed by atoms with E-state index in [9.17, 15) is 14.7 Å². The van der Waals surface area contributed by atoms with Gasteiger partial charge in [0.15, 0.2) is 0 Å². The minimum Gasteiger partial charge on any atom is -0.508 e. The number of aromatic hydroxyl groups is 1. The lowest BCUT2D eigenvalue weighted by Gasteiger charge is -2.34. The van der Waals surface area contributed by atoms with Crippen LogP contribution in [0.25, 0.3) is 10.9 Å². The third kappa shape index (κ3) is 2.96. The third-order valence-corrected chi connectivity index (χ3v) is 8.07. The molecule has 0 aliphatic heterocycles. The number of benzene rings is 2. The van der Waals surface area contributed by atoms with Crippen LogP contribution in [0.3, 0.4) is 0 Å². The van der Waals surface area contributed by atoms with Crippen LogP contribution in [0, 0.1) is 17.8 Å². The van der Waals surface area contributed by atoms with Crippen LogP contribution in [-0.4, -0.2) is 20.7 Å². The maximum Gasteiger partial charge on any atom is 0.280 e. The van der Waals surface area contributed by atoms with Crippen LogP contribution in [0.5, 0.6) is 5.75 Å². The highest BCUT2D eigenvalue weighted by molar-refractivity contribution is 6.30. The zero-order valence-corrected chi connectivity index (χ0v) is 18.3. The molecule has 4 aliphatic carbocycles. The molecule has 3 aromatic rings. The maximum atomic E-state index is 13.5. The average Bonchev–Trinajstić information content (AvgIpc) is 3.17. The van der Waals surface area contributed by atoms with Crippen molar-refractivity contribution in [2.75, 3.05) is 5.43 Å². The molecule has 32 heavy (non-hydrogen) atoms. The van der Waals surface area contributed by atoms with E-state index in [2.05, 4.69) is 5.43 Å². The first-order chi connectivity index (χ1) is 15.4. The topological polar surface area (TPSA) is 84.2 Å². The summed E-state index contributed by atoms with van der Waals surface area (Å²) in [6.45, 7) is 0. The van der Waals surface area contributed by atoms with Crippen LogP contribution in [0.4, 0.5) is 0 Å². The number of halogens is 1. The number of phenolic OH excluding ortho intramolecular Hbond substituents is 1. The fraction of sp³-hybridized carbons (Fsp3) is 0.400. The first kappa shape index (κ1) is 19.8. The van der Waals surface area contributed by atoms with Gasteiger partial charge in [0.25, 0.3) is 5.56 Å². The summed E-state index contributed by atoms with van der Waals surface area (Å²) in [6, 6.07) is 11.9. The highest BCUT2D eigenvalue weighted by Gasteiger charge is 2.60. The molecule has 1 amide bonds. The average molecular weight is 450 g/mol. The van der Waals surface area contributed by atoms with Gasteiger partial charge in [0.2, 0.25) is 5.91 Å². The molecule has 4 bridgehead atoms. The lowest BCUT2D eigenvalue weighted by molar-refractivity contribution is -0.116. The van der Waals surface area contributed by atoms with Crippen LogP contribution in [0.1, 0.15) is 43.5 Å². The second-order valence-electron chi connectivity index (χ2n) is 9.78. The summed E-state index contributed by atoms with van der Waals surface area (Å²) in [5.74, 6) is 2.18. The number of nitrogens with one attached hydrogen (secondary N) is 1. The van der Waals surface area contributed by atoms with E-state index in [-0.39, 0.29) is 23.1 Å². The van der Waals surface area contributed by atoms with Crippen molar-refractivity contribution in [1.82, 2.24) is 9.66 Å². The highest BCUT2D eigenvalue weighted by atomic mass is 35.5. The molecular weight excluding hydrogens is 426 g/mol. The van der Waals surface area contributed by atoms with Crippen molar-refractivity contribution in [2.24, 2.45) is 17.8 Å². The fourth-order valence-electron chi connectivity index (χ4n) is 6.76. The molecule has 2 unspecified atom stereocenters. The molecule has 7 heteroatoms. The van der Waals surface area contributed by atoms with E-state index in [1.54, 1.807) is 18.2 Å². The molecule has 4 fully saturated rings. The molecule has 4 aliphatic rings. The molecule has 6 nitrogen and oxygen atoms in total. The summed E-state index contributed by atoms with van der Waals surface area (Å²) in [4.78, 5) is 31.5. The Balaban J connectivity index is 1.44. The molecule has 2 atom stereocenters. The summed E-state index contributed by atoms with van der Waals surface area (Å²) in [5.41, 5.74) is 3.51. The van der Waals surface area contributed by atoms with E-state index in [0.29, 0.717) is 45.1 Å². The number of fused-ring (bicyclic) bond motifs is 1. The second-order valence-corrected chi connectivity index (χ2v) is 10.2. The molecule has 1 heterocycles. The minimum absolute atomic E-state index is 0.000844. The van der Waals surface area contributed by atoms with E-state index in [1.165, 1.54) is 30.0 Å². The molecule has 2 N–H and O–H groups in total. The fourth-order valence-corrected chi connectivity index (χ4v) is 6.96. The predicted octanol–water partition coefficient (Wildman–Crippen LogP) is 4.15. The zero-order chi connectivity index (χ0) is 22.0. The van der Waals surface area contributed by atoms with Crippen molar-refractivity contribution in [3.05, 3.63) is 69.2 Å². The van der Waals surface area contributed by atoms with Gasteiger partial charge in [-0.25, -0.2) is 9.66 Å². The Hall–Kier alpha value is -2.86. The van der Waals surface area contributed by atoms with Crippen molar-refractivity contribution >= 4 is 28.4 Å². The van der Waals surface area contributed by atoms with Gasteiger partial charge in [-0.3, -0.25) is 15.0 Å². The summed E-state index contributed by atoms with van der Waals surface area (Å²) in [5, 5.41) is 11.0.